The molecule has 0 fully saturated rings. The smallest absolute Gasteiger partial charge is 0.0410 e. The molecule has 0 bridgehead atoms. The second kappa shape index (κ2) is 6.99. The quantitative estimate of drug-likeness (QED) is 0.540. The maximum absolute atomic E-state index is 4.12. The zero-order valence-electron chi connectivity index (χ0n) is 8.75. The van der Waals surface area contributed by atoms with Crippen LogP contribution in [-0.4, -0.2) is 4.98 Å². The third-order valence-corrected chi connectivity index (χ3v) is 3.34. The second-order valence-corrected chi connectivity index (χ2v) is 4.71. The second-order valence-electron chi connectivity index (χ2n) is 3.60. The fourth-order valence-corrected chi connectivity index (χ4v) is 2.07. The van der Waals surface area contributed by atoms with Gasteiger partial charge < -0.3 is 0 Å². The van der Waals surface area contributed by atoms with Crippen molar-refractivity contribution in [2.24, 2.45) is 0 Å². The number of nitrogens with zero attached hydrogens (tertiary/aromatic N) is 1. The maximum Gasteiger partial charge on any atom is 0.0410 e. The van der Waals surface area contributed by atoms with Crippen molar-refractivity contribution in [3.63, 3.8) is 0 Å². The SMILES string of the molecule is CCCCCCC(Br)c1cccnc1. The van der Waals surface area contributed by atoms with Gasteiger partial charge in [-0.2, -0.15) is 0 Å². The van der Waals surface area contributed by atoms with Crippen LogP contribution in [0.1, 0.15) is 49.4 Å². The lowest BCUT2D eigenvalue weighted by Gasteiger charge is -2.08. The number of alkyl halides is 1. The summed E-state index contributed by atoms with van der Waals surface area (Å²) < 4.78 is 0. The normalized spacial score (nSPS) is 12.7. The van der Waals surface area contributed by atoms with Crippen LogP contribution < -0.4 is 0 Å². The molecule has 0 aliphatic rings. The van der Waals surface area contributed by atoms with Crippen molar-refractivity contribution in [2.45, 2.75) is 43.9 Å². The summed E-state index contributed by atoms with van der Waals surface area (Å²) in [7, 11) is 0. The van der Waals surface area contributed by atoms with E-state index in [4.69, 9.17) is 0 Å². The van der Waals surface area contributed by atoms with Crippen molar-refractivity contribution in [3.05, 3.63) is 30.1 Å². The average Bonchev–Trinajstić information content (AvgIpc) is 2.25. The molecule has 14 heavy (non-hydrogen) atoms. The van der Waals surface area contributed by atoms with Crippen LogP contribution in [-0.2, 0) is 0 Å². The van der Waals surface area contributed by atoms with Gasteiger partial charge in [-0.25, -0.2) is 0 Å². The van der Waals surface area contributed by atoms with Gasteiger partial charge in [0.2, 0.25) is 0 Å². The molecule has 1 aromatic heterocycles. The molecule has 1 atom stereocenters. The molecular formula is C12H18BrN. The van der Waals surface area contributed by atoms with Crippen LogP contribution in [0.15, 0.2) is 24.5 Å². The molecule has 0 aromatic carbocycles. The van der Waals surface area contributed by atoms with Gasteiger partial charge in [-0.1, -0.05) is 54.6 Å². The summed E-state index contributed by atoms with van der Waals surface area (Å²) in [4.78, 5) is 4.60. The highest BCUT2D eigenvalue weighted by Crippen LogP contribution is 2.27. The highest BCUT2D eigenvalue weighted by molar-refractivity contribution is 9.09. The fraction of sp³-hybridized carbons (Fsp3) is 0.583. The van der Waals surface area contributed by atoms with E-state index in [1.165, 1.54) is 37.7 Å². The van der Waals surface area contributed by atoms with Gasteiger partial charge in [0.25, 0.3) is 0 Å². The van der Waals surface area contributed by atoms with Crippen molar-refractivity contribution in [2.75, 3.05) is 0 Å². The summed E-state index contributed by atoms with van der Waals surface area (Å²) in [6, 6.07) is 4.13. The summed E-state index contributed by atoms with van der Waals surface area (Å²) in [5.74, 6) is 0. The summed E-state index contributed by atoms with van der Waals surface area (Å²) in [6.07, 6.45) is 10.3. The van der Waals surface area contributed by atoms with Crippen LogP contribution in [0.5, 0.6) is 0 Å². The van der Waals surface area contributed by atoms with Crippen LogP contribution in [0.25, 0.3) is 0 Å². The fourth-order valence-electron chi connectivity index (χ4n) is 1.48. The lowest BCUT2D eigenvalue weighted by atomic mass is 10.1. The molecule has 1 aromatic rings. The molecule has 2 heteroatoms. The van der Waals surface area contributed by atoms with Crippen LogP contribution in [0.3, 0.4) is 0 Å². The van der Waals surface area contributed by atoms with Crippen molar-refractivity contribution in [1.29, 1.82) is 0 Å². The van der Waals surface area contributed by atoms with Gasteiger partial charge in [0.1, 0.15) is 0 Å². The molecule has 0 saturated carbocycles. The number of hydrogen-bond acceptors (Lipinski definition) is 1. The minimum Gasteiger partial charge on any atom is -0.264 e. The lowest BCUT2D eigenvalue weighted by Crippen LogP contribution is -1.90. The van der Waals surface area contributed by atoms with Crippen LogP contribution in [0, 0.1) is 0 Å². The van der Waals surface area contributed by atoms with E-state index in [9.17, 15) is 0 Å². The number of rotatable bonds is 6. The number of pyridine rings is 1. The van der Waals surface area contributed by atoms with E-state index in [0.717, 1.165) is 0 Å². The molecule has 0 N–H and O–H groups in total. The highest BCUT2D eigenvalue weighted by atomic mass is 79.9. The molecule has 78 valence electrons. The van der Waals surface area contributed by atoms with E-state index < -0.39 is 0 Å². The minimum absolute atomic E-state index is 0.480. The van der Waals surface area contributed by atoms with Crippen molar-refractivity contribution < 1.29 is 0 Å². The Morgan fingerprint density at radius 3 is 2.86 bits per heavy atom. The Kier molecular flexibility index (Phi) is 5.85. The summed E-state index contributed by atoms with van der Waals surface area (Å²) in [6.45, 7) is 2.24. The van der Waals surface area contributed by atoms with Gasteiger partial charge in [0.05, 0.1) is 0 Å². The largest absolute Gasteiger partial charge is 0.264 e. The Morgan fingerprint density at radius 2 is 2.21 bits per heavy atom. The van der Waals surface area contributed by atoms with E-state index in [0.29, 0.717) is 4.83 Å². The maximum atomic E-state index is 4.12. The van der Waals surface area contributed by atoms with Gasteiger partial charge >= 0.3 is 0 Å². The lowest BCUT2D eigenvalue weighted by molar-refractivity contribution is 0.629. The molecule has 1 heterocycles. The summed E-state index contributed by atoms with van der Waals surface area (Å²) in [5, 5.41) is 0. The molecule has 0 amide bonds. The first-order chi connectivity index (χ1) is 6.84. The minimum atomic E-state index is 0.480. The Labute approximate surface area is 95.1 Å². The van der Waals surface area contributed by atoms with E-state index in [1.807, 2.05) is 18.5 Å². The van der Waals surface area contributed by atoms with Gasteiger partial charge in [-0.05, 0) is 18.1 Å². The topological polar surface area (TPSA) is 12.9 Å². The first-order valence-corrected chi connectivity index (χ1v) is 6.30. The average molecular weight is 256 g/mol. The molecule has 0 aliphatic carbocycles. The number of hydrogen-bond donors (Lipinski definition) is 0. The zero-order chi connectivity index (χ0) is 10.2. The monoisotopic (exact) mass is 255 g/mol. The standard InChI is InChI=1S/C12H18BrN/c1-2-3-4-5-8-12(13)11-7-6-9-14-10-11/h6-7,9-10,12H,2-5,8H2,1H3. The third kappa shape index (κ3) is 4.23. The van der Waals surface area contributed by atoms with Gasteiger partial charge in [-0.3, -0.25) is 4.98 Å². The predicted octanol–water partition coefficient (Wildman–Crippen LogP) is 4.49. The van der Waals surface area contributed by atoms with Gasteiger partial charge in [0.15, 0.2) is 0 Å². The summed E-state index contributed by atoms with van der Waals surface area (Å²) in [5.41, 5.74) is 1.30. The van der Waals surface area contributed by atoms with Crippen LogP contribution in [0.4, 0.5) is 0 Å². The number of halogens is 1. The molecule has 1 nitrogen and oxygen atoms in total. The molecular weight excluding hydrogens is 238 g/mol. The zero-order valence-corrected chi connectivity index (χ0v) is 10.3. The number of aromatic nitrogens is 1. The van der Waals surface area contributed by atoms with E-state index in [2.05, 4.69) is 33.9 Å². The summed E-state index contributed by atoms with van der Waals surface area (Å²) >= 11 is 3.70. The predicted molar refractivity (Wildman–Crippen MR) is 64.7 cm³/mol. The molecule has 0 spiro atoms. The molecule has 0 saturated heterocycles. The molecule has 1 unspecified atom stereocenters. The third-order valence-electron chi connectivity index (χ3n) is 2.36. The Morgan fingerprint density at radius 1 is 1.36 bits per heavy atom. The van der Waals surface area contributed by atoms with Crippen LogP contribution >= 0.6 is 15.9 Å². The van der Waals surface area contributed by atoms with E-state index in [1.54, 1.807) is 0 Å². The Bertz CT molecular complexity index is 235. The highest BCUT2D eigenvalue weighted by Gasteiger charge is 2.05. The van der Waals surface area contributed by atoms with Gasteiger partial charge in [-0.15, -0.1) is 0 Å². The van der Waals surface area contributed by atoms with Gasteiger partial charge in [0, 0.05) is 17.2 Å². The van der Waals surface area contributed by atoms with Crippen LogP contribution in [0.2, 0.25) is 0 Å². The molecule has 0 aliphatic heterocycles. The first-order valence-electron chi connectivity index (χ1n) is 5.38. The van der Waals surface area contributed by atoms with Crippen molar-refractivity contribution in [3.8, 4) is 0 Å². The Balaban J connectivity index is 2.25. The number of unbranched alkanes of at least 4 members (excludes halogenated alkanes) is 3. The molecule has 1 rings (SSSR count). The first kappa shape index (κ1) is 11.7. The van der Waals surface area contributed by atoms with E-state index in [-0.39, 0.29) is 0 Å². The molecule has 0 radical (unpaired) electrons. The van der Waals surface area contributed by atoms with Crippen molar-refractivity contribution >= 4 is 15.9 Å². The Hall–Kier alpha value is -0.370. The van der Waals surface area contributed by atoms with E-state index >= 15 is 0 Å². The van der Waals surface area contributed by atoms with Crippen molar-refractivity contribution in [1.82, 2.24) is 4.98 Å².